The van der Waals surface area contributed by atoms with Gasteiger partial charge in [0.15, 0.2) is 0 Å². The van der Waals surface area contributed by atoms with Gasteiger partial charge >= 0.3 is 0 Å². The molecule has 2 amide bonds. The van der Waals surface area contributed by atoms with E-state index in [1.165, 1.54) is 0 Å². The second kappa shape index (κ2) is 7.68. The lowest BCUT2D eigenvalue weighted by Gasteiger charge is -2.34. The Bertz CT molecular complexity index is 397. The summed E-state index contributed by atoms with van der Waals surface area (Å²) in [6.07, 6.45) is 1.41. The number of thiol groups is 1. The quantitative estimate of drug-likeness (QED) is 0.757. The molecule has 0 spiro atoms. The molecule has 0 aliphatic carbocycles. The number of hydrogen-bond acceptors (Lipinski definition) is 4. The molecule has 1 N–H and O–H groups in total. The number of nitrogens with zero attached hydrogens (tertiary/aromatic N) is 1. The maximum atomic E-state index is 12.2. The standard InChI is InChI=1S/C16H30N2O3S/c1-15(2,3)21-10-13(19)18-8-6-12(7-9-18)14(20)17-16(4,5)11-22/h12,22H,6-11H2,1-5H3,(H,17,20). The first-order valence-electron chi connectivity index (χ1n) is 7.89. The van der Waals surface area contributed by atoms with E-state index in [2.05, 4.69) is 17.9 Å². The first-order chi connectivity index (χ1) is 10.0. The summed E-state index contributed by atoms with van der Waals surface area (Å²) in [4.78, 5) is 26.1. The number of ether oxygens (including phenoxy) is 1. The molecule has 1 rings (SSSR count). The van der Waals surface area contributed by atoms with Gasteiger partial charge in [-0.05, 0) is 47.5 Å². The molecule has 0 aromatic carbocycles. The fourth-order valence-electron chi connectivity index (χ4n) is 2.24. The van der Waals surface area contributed by atoms with Gasteiger partial charge in [0, 0.05) is 30.3 Å². The average Bonchev–Trinajstić information content (AvgIpc) is 2.43. The van der Waals surface area contributed by atoms with Crippen LogP contribution in [-0.4, -0.2) is 53.3 Å². The van der Waals surface area contributed by atoms with E-state index in [0.717, 1.165) is 0 Å². The predicted molar refractivity (Wildman–Crippen MR) is 91.1 cm³/mol. The number of piperidine rings is 1. The van der Waals surface area contributed by atoms with E-state index >= 15 is 0 Å². The van der Waals surface area contributed by atoms with E-state index in [9.17, 15) is 9.59 Å². The molecule has 1 aliphatic heterocycles. The minimum Gasteiger partial charge on any atom is -0.366 e. The Kier molecular flexibility index (Phi) is 6.74. The summed E-state index contributed by atoms with van der Waals surface area (Å²) < 4.78 is 5.52. The third-order valence-corrected chi connectivity index (χ3v) is 4.49. The Labute approximate surface area is 139 Å². The largest absolute Gasteiger partial charge is 0.366 e. The van der Waals surface area contributed by atoms with Crippen molar-refractivity contribution >= 4 is 24.4 Å². The summed E-state index contributed by atoms with van der Waals surface area (Å²) in [5.41, 5.74) is -0.611. The summed E-state index contributed by atoms with van der Waals surface area (Å²) in [6.45, 7) is 11.0. The van der Waals surface area contributed by atoms with Gasteiger partial charge in [-0.1, -0.05) is 0 Å². The van der Waals surface area contributed by atoms with E-state index in [1.807, 2.05) is 34.6 Å². The number of carbonyl (C=O) groups excluding carboxylic acids is 2. The average molecular weight is 330 g/mol. The molecule has 1 aliphatic rings. The van der Waals surface area contributed by atoms with Crippen LogP contribution >= 0.6 is 12.6 Å². The van der Waals surface area contributed by atoms with Crippen LogP contribution in [-0.2, 0) is 14.3 Å². The van der Waals surface area contributed by atoms with Crippen molar-refractivity contribution in [2.24, 2.45) is 5.92 Å². The number of likely N-dealkylation sites (tertiary alicyclic amines) is 1. The molecule has 5 nitrogen and oxygen atoms in total. The molecule has 0 bridgehead atoms. The molecule has 6 heteroatoms. The van der Waals surface area contributed by atoms with Gasteiger partial charge in [0.2, 0.25) is 11.8 Å². The van der Waals surface area contributed by atoms with Crippen LogP contribution in [0.15, 0.2) is 0 Å². The number of rotatable bonds is 5. The topological polar surface area (TPSA) is 58.6 Å². The van der Waals surface area contributed by atoms with Crippen LogP contribution in [0.3, 0.4) is 0 Å². The third kappa shape index (κ3) is 6.57. The minimum atomic E-state index is -0.313. The zero-order valence-corrected chi connectivity index (χ0v) is 15.3. The Morgan fingerprint density at radius 3 is 2.18 bits per heavy atom. The summed E-state index contributed by atoms with van der Waals surface area (Å²) in [5.74, 6) is 0.647. The lowest BCUT2D eigenvalue weighted by molar-refractivity contribution is -0.144. The maximum Gasteiger partial charge on any atom is 0.248 e. The summed E-state index contributed by atoms with van der Waals surface area (Å²) >= 11 is 4.25. The molecule has 0 radical (unpaired) electrons. The van der Waals surface area contributed by atoms with E-state index < -0.39 is 0 Å². The normalized spacial score (nSPS) is 17.5. The second-order valence-electron chi connectivity index (χ2n) is 7.59. The SMILES string of the molecule is CC(C)(CS)NC(=O)C1CCN(C(=O)COC(C)(C)C)CC1. The smallest absolute Gasteiger partial charge is 0.248 e. The van der Waals surface area contributed by atoms with E-state index in [-0.39, 0.29) is 35.5 Å². The molecule has 1 saturated heterocycles. The highest BCUT2D eigenvalue weighted by molar-refractivity contribution is 7.80. The molecule has 0 atom stereocenters. The van der Waals surface area contributed by atoms with Crippen LogP contribution in [0.1, 0.15) is 47.5 Å². The van der Waals surface area contributed by atoms with Crippen molar-refractivity contribution < 1.29 is 14.3 Å². The number of hydrogen-bond donors (Lipinski definition) is 2. The van der Waals surface area contributed by atoms with Crippen LogP contribution < -0.4 is 5.32 Å². The Balaban J connectivity index is 2.40. The Hall–Kier alpha value is -0.750. The van der Waals surface area contributed by atoms with Gasteiger partial charge in [0.05, 0.1) is 5.60 Å². The van der Waals surface area contributed by atoms with Crippen molar-refractivity contribution in [2.75, 3.05) is 25.4 Å². The van der Waals surface area contributed by atoms with E-state index in [1.54, 1.807) is 4.90 Å². The molecule has 22 heavy (non-hydrogen) atoms. The highest BCUT2D eigenvalue weighted by atomic mass is 32.1. The second-order valence-corrected chi connectivity index (χ2v) is 7.90. The molecule has 1 fully saturated rings. The first-order valence-corrected chi connectivity index (χ1v) is 8.52. The molecular weight excluding hydrogens is 300 g/mol. The number of nitrogens with one attached hydrogen (secondary N) is 1. The van der Waals surface area contributed by atoms with Gasteiger partial charge in [-0.25, -0.2) is 0 Å². The molecule has 0 aromatic rings. The van der Waals surface area contributed by atoms with Crippen LogP contribution in [0.2, 0.25) is 0 Å². The lowest BCUT2D eigenvalue weighted by Crippen LogP contribution is -2.50. The molecule has 0 unspecified atom stereocenters. The summed E-state index contributed by atoms with van der Waals surface area (Å²) in [6, 6.07) is 0. The monoisotopic (exact) mass is 330 g/mol. The van der Waals surface area contributed by atoms with Gasteiger partial charge < -0.3 is 15.0 Å². The third-order valence-electron chi connectivity index (χ3n) is 3.70. The molecule has 1 heterocycles. The van der Waals surface area contributed by atoms with Gasteiger partial charge in [-0.15, -0.1) is 0 Å². The predicted octanol–water partition coefficient (Wildman–Crippen LogP) is 1.86. The van der Waals surface area contributed by atoms with Crippen LogP contribution in [0.4, 0.5) is 0 Å². The minimum absolute atomic E-state index is 0.00414. The van der Waals surface area contributed by atoms with Gasteiger partial charge in [0.1, 0.15) is 6.61 Å². The van der Waals surface area contributed by atoms with E-state index in [4.69, 9.17) is 4.74 Å². The van der Waals surface area contributed by atoms with Crippen molar-refractivity contribution in [2.45, 2.75) is 58.6 Å². The van der Waals surface area contributed by atoms with Gasteiger partial charge in [-0.2, -0.15) is 12.6 Å². The summed E-state index contributed by atoms with van der Waals surface area (Å²) in [7, 11) is 0. The zero-order valence-electron chi connectivity index (χ0n) is 14.4. The van der Waals surface area contributed by atoms with Crippen LogP contribution in [0.5, 0.6) is 0 Å². The molecule has 0 saturated carbocycles. The van der Waals surface area contributed by atoms with Crippen molar-refractivity contribution in [1.82, 2.24) is 10.2 Å². The van der Waals surface area contributed by atoms with Crippen LogP contribution in [0.25, 0.3) is 0 Å². The molecular formula is C16H30N2O3S. The summed E-state index contributed by atoms with van der Waals surface area (Å²) in [5, 5.41) is 3.02. The van der Waals surface area contributed by atoms with Crippen molar-refractivity contribution in [3.8, 4) is 0 Å². The highest BCUT2D eigenvalue weighted by Gasteiger charge is 2.30. The zero-order chi connectivity index (χ0) is 17.0. The molecule has 128 valence electrons. The maximum absolute atomic E-state index is 12.2. The first kappa shape index (κ1) is 19.3. The van der Waals surface area contributed by atoms with E-state index in [0.29, 0.717) is 31.7 Å². The number of amides is 2. The van der Waals surface area contributed by atoms with Crippen LogP contribution in [0, 0.1) is 5.92 Å². The van der Waals surface area contributed by atoms with Crippen molar-refractivity contribution in [3.63, 3.8) is 0 Å². The van der Waals surface area contributed by atoms with Crippen molar-refractivity contribution in [1.29, 1.82) is 0 Å². The highest BCUT2D eigenvalue weighted by Crippen LogP contribution is 2.19. The van der Waals surface area contributed by atoms with Gasteiger partial charge in [-0.3, -0.25) is 9.59 Å². The van der Waals surface area contributed by atoms with Crippen molar-refractivity contribution in [3.05, 3.63) is 0 Å². The fourth-order valence-corrected chi connectivity index (χ4v) is 2.31. The Morgan fingerprint density at radius 2 is 1.73 bits per heavy atom. The lowest BCUT2D eigenvalue weighted by atomic mass is 9.94. The molecule has 0 aromatic heterocycles. The Morgan fingerprint density at radius 1 is 1.18 bits per heavy atom. The van der Waals surface area contributed by atoms with Gasteiger partial charge in [0.25, 0.3) is 0 Å². The fraction of sp³-hybridized carbons (Fsp3) is 0.875. The number of carbonyl (C=O) groups is 2.